The Balaban J connectivity index is 1.62. The number of methoxy groups -OCH3 is 1. The SMILES string of the molecule is COc1cc(C=NNC(=O)Cc2ccc(C)c(C)c2)cc(Cl)c1OCc1ccc(Cl)cc1. The van der Waals surface area contributed by atoms with Gasteiger partial charge < -0.3 is 9.47 Å². The average Bonchev–Trinajstić information content (AvgIpc) is 2.76. The summed E-state index contributed by atoms with van der Waals surface area (Å²) in [6.45, 7) is 4.38. The molecule has 0 atom stereocenters. The second kappa shape index (κ2) is 11.0. The molecular formula is C25H24Cl2N2O3. The van der Waals surface area contributed by atoms with Crippen molar-refractivity contribution in [2.24, 2.45) is 5.10 Å². The Bertz CT molecular complexity index is 1130. The number of ether oxygens (including phenoxy) is 2. The minimum atomic E-state index is -0.203. The Kier molecular flexibility index (Phi) is 8.14. The Morgan fingerprint density at radius 2 is 1.72 bits per heavy atom. The molecule has 7 heteroatoms. The van der Waals surface area contributed by atoms with Gasteiger partial charge in [0.1, 0.15) is 6.61 Å². The van der Waals surface area contributed by atoms with Crippen LogP contribution in [0.2, 0.25) is 10.0 Å². The van der Waals surface area contributed by atoms with Crippen LogP contribution in [0.3, 0.4) is 0 Å². The van der Waals surface area contributed by atoms with Crippen molar-refractivity contribution >= 4 is 35.3 Å². The number of hydrogen-bond acceptors (Lipinski definition) is 4. The molecule has 0 heterocycles. The Hall–Kier alpha value is -3.02. The Morgan fingerprint density at radius 1 is 1.00 bits per heavy atom. The molecule has 32 heavy (non-hydrogen) atoms. The predicted molar refractivity (Wildman–Crippen MR) is 129 cm³/mol. The minimum Gasteiger partial charge on any atom is -0.493 e. The molecule has 0 spiro atoms. The van der Waals surface area contributed by atoms with E-state index in [0.717, 1.165) is 16.7 Å². The van der Waals surface area contributed by atoms with E-state index in [1.807, 2.05) is 44.2 Å². The summed E-state index contributed by atoms with van der Waals surface area (Å²) >= 11 is 12.3. The lowest BCUT2D eigenvalue weighted by Crippen LogP contribution is -2.19. The van der Waals surface area contributed by atoms with Gasteiger partial charge in [0.05, 0.1) is 24.8 Å². The van der Waals surface area contributed by atoms with Gasteiger partial charge in [-0.2, -0.15) is 5.10 Å². The first kappa shape index (κ1) is 23.6. The van der Waals surface area contributed by atoms with E-state index in [4.69, 9.17) is 32.7 Å². The molecule has 0 aromatic heterocycles. The summed E-state index contributed by atoms with van der Waals surface area (Å²) in [5.41, 5.74) is 7.44. The monoisotopic (exact) mass is 470 g/mol. The van der Waals surface area contributed by atoms with E-state index < -0.39 is 0 Å². The minimum absolute atomic E-state index is 0.203. The first-order valence-electron chi connectivity index (χ1n) is 9.98. The first-order valence-corrected chi connectivity index (χ1v) is 10.7. The maximum absolute atomic E-state index is 12.2. The van der Waals surface area contributed by atoms with Crippen molar-refractivity contribution in [1.82, 2.24) is 5.43 Å². The highest BCUT2D eigenvalue weighted by Gasteiger charge is 2.12. The van der Waals surface area contributed by atoms with E-state index in [1.54, 1.807) is 24.3 Å². The Morgan fingerprint density at radius 3 is 2.41 bits per heavy atom. The summed E-state index contributed by atoms with van der Waals surface area (Å²) < 4.78 is 11.3. The summed E-state index contributed by atoms with van der Waals surface area (Å²) in [7, 11) is 1.53. The molecule has 0 aliphatic heterocycles. The van der Waals surface area contributed by atoms with E-state index in [-0.39, 0.29) is 12.3 Å². The number of nitrogens with one attached hydrogen (secondary N) is 1. The molecule has 0 saturated heterocycles. The molecule has 3 rings (SSSR count). The van der Waals surface area contributed by atoms with E-state index in [0.29, 0.717) is 33.7 Å². The third-order valence-corrected chi connectivity index (χ3v) is 5.42. The van der Waals surface area contributed by atoms with Crippen LogP contribution < -0.4 is 14.9 Å². The maximum atomic E-state index is 12.2. The molecule has 166 valence electrons. The quantitative estimate of drug-likeness (QED) is 0.329. The van der Waals surface area contributed by atoms with Crippen LogP contribution in [0.5, 0.6) is 11.5 Å². The zero-order valence-electron chi connectivity index (χ0n) is 18.1. The van der Waals surface area contributed by atoms with Crippen LogP contribution >= 0.6 is 23.2 Å². The number of benzene rings is 3. The van der Waals surface area contributed by atoms with Gasteiger partial charge in [0.25, 0.3) is 0 Å². The number of amides is 1. The fourth-order valence-corrected chi connectivity index (χ4v) is 3.41. The van der Waals surface area contributed by atoms with Gasteiger partial charge in [-0.1, -0.05) is 53.5 Å². The molecule has 0 bridgehead atoms. The van der Waals surface area contributed by atoms with Crippen molar-refractivity contribution in [3.63, 3.8) is 0 Å². The standard InChI is InChI=1S/C25H24Cl2N2O3/c1-16-4-5-19(10-17(16)2)13-24(30)29-28-14-20-11-22(27)25(23(12-20)31-3)32-15-18-6-8-21(26)9-7-18/h4-12,14H,13,15H2,1-3H3,(H,29,30). The van der Waals surface area contributed by atoms with Crippen LogP contribution in [0.15, 0.2) is 59.7 Å². The average molecular weight is 471 g/mol. The topological polar surface area (TPSA) is 59.9 Å². The van der Waals surface area contributed by atoms with Crippen molar-refractivity contribution in [2.45, 2.75) is 26.9 Å². The van der Waals surface area contributed by atoms with Crippen LogP contribution in [0.25, 0.3) is 0 Å². The largest absolute Gasteiger partial charge is 0.493 e. The number of rotatable bonds is 8. The summed E-state index contributed by atoms with van der Waals surface area (Å²) in [5, 5.41) is 5.07. The number of hydrogen-bond donors (Lipinski definition) is 1. The molecule has 0 fully saturated rings. The second-order valence-corrected chi connectivity index (χ2v) is 8.18. The van der Waals surface area contributed by atoms with E-state index in [2.05, 4.69) is 10.5 Å². The lowest BCUT2D eigenvalue weighted by atomic mass is 10.0. The number of hydrazone groups is 1. The fraction of sp³-hybridized carbons (Fsp3) is 0.200. The van der Waals surface area contributed by atoms with Gasteiger partial charge in [-0.3, -0.25) is 4.79 Å². The van der Waals surface area contributed by atoms with Gasteiger partial charge in [-0.25, -0.2) is 5.43 Å². The molecule has 3 aromatic carbocycles. The molecule has 1 N–H and O–H groups in total. The van der Waals surface area contributed by atoms with Crippen LogP contribution in [0.4, 0.5) is 0 Å². The summed E-state index contributed by atoms with van der Waals surface area (Å²) in [5.74, 6) is 0.694. The van der Waals surface area contributed by atoms with Crippen LogP contribution in [0, 0.1) is 13.8 Å². The van der Waals surface area contributed by atoms with Gasteiger partial charge in [-0.05, 0) is 65.9 Å². The zero-order chi connectivity index (χ0) is 23.1. The highest BCUT2D eigenvalue weighted by molar-refractivity contribution is 6.32. The number of aryl methyl sites for hydroxylation is 2. The van der Waals surface area contributed by atoms with Gasteiger partial charge in [-0.15, -0.1) is 0 Å². The predicted octanol–water partition coefficient (Wildman–Crippen LogP) is 5.89. The summed E-state index contributed by atoms with van der Waals surface area (Å²) in [6, 6.07) is 16.7. The maximum Gasteiger partial charge on any atom is 0.244 e. The smallest absolute Gasteiger partial charge is 0.244 e. The van der Waals surface area contributed by atoms with Crippen molar-refractivity contribution in [3.05, 3.63) is 92.5 Å². The third-order valence-electron chi connectivity index (χ3n) is 4.89. The van der Waals surface area contributed by atoms with Crippen molar-refractivity contribution in [1.29, 1.82) is 0 Å². The lowest BCUT2D eigenvalue weighted by Gasteiger charge is -2.13. The highest BCUT2D eigenvalue weighted by atomic mass is 35.5. The van der Waals surface area contributed by atoms with E-state index in [1.165, 1.54) is 18.9 Å². The third kappa shape index (κ3) is 6.49. The number of nitrogens with zero attached hydrogens (tertiary/aromatic N) is 1. The molecule has 0 aliphatic rings. The summed E-state index contributed by atoms with van der Waals surface area (Å²) in [4.78, 5) is 12.2. The molecule has 0 unspecified atom stereocenters. The van der Waals surface area contributed by atoms with E-state index in [9.17, 15) is 4.79 Å². The number of carbonyl (C=O) groups excluding carboxylic acids is 1. The van der Waals surface area contributed by atoms with Crippen molar-refractivity contribution < 1.29 is 14.3 Å². The second-order valence-electron chi connectivity index (χ2n) is 7.34. The zero-order valence-corrected chi connectivity index (χ0v) is 19.6. The fourth-order valence-electron chi connectivity index (χ4n) is 3.01. The van der Waals surface area contributed by atoms with Crippen molar-refractivity contribution in [3.8, 4) is 11.5 Å². The molecule has 3 aromatic rings. The molecule has 0 aliphatic carbocycles. The molecular weight excluding hydrogens is 447 g/mol. The van der Waals surface area contributed by atoms with Crippen LogP contribution in [-0.2, 0) is 17.8 Å². The molecule has 0 saturated carbocycles. The van der Waals surface area contributed by atoms with Crippen molar-refractivity contribution in [2.75, 3.05) is 7.11 Å². The summed E-state index contributed by atoms with van der Waals surface area (Å²) in [6.07, 6.45) is 1.76. The van der Waals surface area contributed by atoms with Crippen LogP contribution in [-0.4, -0.2) is 19.2 Å². The molecule has 1 amide bonds. The van der Waals surface area contributed by atoms with Gasteiger partial charge >= 0.3 is 0 Å². The number of halogens is 2. The van der Waals surface area contributed by atoms with Crippen LogP contribution in [0.1, 0.15) is 27.8 Å². The Labute approximate surface area is 198 Å². The normalized spacial score (nSPS) is 10.9. The molecule has 5 nitrogen and oxygen atoms in total. The molecule has 0 radical (unpaired) electrons. The van der Waals surface area contributed by atoms with Gasteiger partial charge in [0, 0.05) is 5.02 Å². The lowest BCUT2D eigenvalue weighted by molar-refractivity contribution is -0.120. The number of carbonyl (C=O) groups is 1. The highest BCUT2D eigenvalue weighted by Crippen LogP contribution is 2.36. The first-order chi connectivity index (χ1) is 15.4. The van der Waals surface area contributed by atoms with Gasteiger partial charge in [0.2, 0.25) is 5.91 Å². The van der Waals surface area contributed by atoms with E-state index >= 15 is 0 Å². The van der Waals surface area contributed by atoms with Gasteiger partial charge in [0.15, 0.2) is 11.5 Å².